The van der Waals surface area contributed by atoms with Gasteiger partial charge in [0, 0.05) is 18.0 Å². The second-order valence-electron chi connectivity index (χ2n) is 5.52. The molecule has 0 aromatic heterocycles. The Kier molecular flexibility index (Phi) is 2.92. The van der Waals surface area contributed by atoms with Gasteiger partial charge in [-0.2, -0.15) is 0 Å². The van der Waals surface area contributed by atoms with Crippen LogP contribution in [0.3, 0.4) is 0 Å². The predicted molar refractivity (Wildman–Crippen MR) is 67.9 cm³/mol. The summed E-state index contributed by atoms with van der Waals surface area (Å²) in [6.45, 7) is 7.43. The average Bonchev–Trinajstić information content (AvgIpc) is 2.80. The van der Waals surface area contributed by atoms with Crippen LogP contribution in [0.25, 0.3) is 0 Å². The van der Waals surface area contributed by atoms with E-state index in [1.807, 2.05) is 6.07 Å². The summed E-state index contributed by atoms with van der Waals surface area (Å²) in [7, 11) is 0. The van der Waals surface area contributed by atoms with E-state index in [9.17, 15) is 0 Å². The molecule has 1 fully saturated rings. The van der Waals surface area contributed by atoms with E-state index in [2.05, 4.69) is 31.3 Å². The third-order valence-corrected chi connectivity index (χ3v) is 3.63. The van der Waals surface area contributed by atoms with E-state index in [4.69, 9.17) is 14.2 Å². The first-order valence-electron chi connectivity index (χ1n) is 6.37. The summed E-state index contributed by atoms with van der Waals surface area (Å²) < 4.78 is 16.0. The lowest BCUT2D eigenvalue weighted by Crippen LogP contribution is -2.47. The molecule has 1 saturated heterocycles. The Morgan fingerprint density at radius 3 is 2.78 bits per heavy atom. The molecule has 1 atom stereocenters. The number of rotatable bonds is 4. The molecule has 0 bridgehead atoms. The van der Waals surface area contributed by atoms with Gasteiger partial charge in [-0.3, -0.25) is 0 Å². The first-order chi connectivity index (χ1) is 8.66. The Balaban J connectivity index is 1.63. The first-order valence-corrected chi connectivity index (χ1v) is 6.37. The topological polar surface area (TPSA) is 39.7 Å². The highest BCUT2D eigenvalue weighted by Crippen LogP contribution is 2.34. The zero-order valence-corrected chi connectivity index (χ0v) is 10.9. The SMILES string of the molecule is CC(NCC1(C)COC1)c1ccc2c(c1)OCO2. The van der Waals surface area contributed by atoms with Crippen LogP contribution >= 0.6 is 0 Å². The van der Waals surface area contributed by atoms with Crippen molar-refractivity contribution in [2.45, 2.75) is 19.9 Å². The number of ether oxygens (including phenoxy) is 3. The molecule has 0 radical (unpaired) electrons. The van der Waals surface area contributed by atoms with Crippen LogP contribution in [-0.2, 0) is 4.74 Å². The lowest BCUT2D eigenvalue weighted by Gasteiger charge is -2.39. The number of fused-ring (bicyclic) bond motifs is 1. The molecule has 1 unspecified atom stereocenters. The van der Waals surface area contributed by atoms with E-state index in [1.54, 1.807) is 0 Å². The van der Waals surface area contributed by atoms with Crippen LogP contribution in [0.2, 0.25) is 0 Å². The lowest BCUT2D eigenvalue weighted by atomic mass is 9.88. The lowest BCUT2D eigenvalue weighted by molar-refractivity contribution is -0.0999. The largest absolute Gasteiger partial charge is 0.454 e. The molecule has 1 N–H and O–H groups in total. The molecular weight excluding hydrogens is 230 g/mol. The summed E-state index contributed by atoms with van der Waals surface area (Å²) in [4.78, 5) is 0. The Hall–Kier alpha value is -1.26. The molecule has 98 valence electrons. The summed E-state index contributed by atoms with van der Waals surface area (Å²) in [6, 6.07) is 6.42. The van der Waals surface area contributed by atoms with Crippen LogP contribution in [-0.4, -0.2) is 26.6 Å². The molecule has 2 aliphatic heterocycles. The third-order valence-electron chi connectivity index (χ3n) is 3.63. The molecule has 4 heteroatoms. The molecule has 3 rings (SSSR count). The van der Waals surface area contributed by atoms with Crippen LogP contribution in [0.1, 0.15) is 25.5 Å². The standard InChI is InChI=1S/C14H19NO3/c1-10(15-6-14(2)7-16-8-14)11-3-4-12-13(5-11)18-9-17-12/h3-5,10,15H,6-9H2,1-2H3. The minimum absolute atomic E-state index is 0.296. The Labute approximate surface area is 107 Å². The summed E-state index contributed by atoms with van der Waals surface area (Å²) in [5.74, 6) is 1.68. The van der Waals surface area contributed by atoms with Crippen molar-refractivity contribution in [1.82, 2.24) is 5.32 Å². The molecule has 4 nitrogen and oxygen atoms in total. The molecule has 1 aromatic carbocycles. The fourth-order valence-electron chi connectivity index (χ4n) is 2.25. The van der Waals surface area contributed by atoms with Gasteiger partial charge >= 0.3 is 0 Å². The minimum Gasteiger partial charge on any atom is -0.454 e. The molecule has 2 heterocycles. The number of nitrogens with one attached hydrogen (secondary N) is 1. The van der Waals surface area contributed by atoms with Crippen molar-refractivity contribution < 1.29 is 14.2 Å². The summed E-state index contributed by atoms with van der Waals surface area (Å²) >= 11 is 0. The maximum atomic E-state index is 5.40. The quantitative estimate of drug-likeness (QED) is 0.887. The van der Waals surface area contributed by atoms with Gasteiger partial charge in [0.1, 0.15) is 0 Å². The van der Waals surface area contributed by atoms with Gasteiger partial charge in [-0.25, -0.2) is 0 Å². The highest BCUT2D eigenvalue weighted by Gasteiger charge is 2.33. The molecule has 0 amide bonds. The number of hydrogen-bond acceptors (Lipinski definition) is 4. The fourth-order valence-corrected chi connectivity index (χ4v) is 2.25. The van der Waals surface area contributed by atoms with E-state index in [0.29, 0.717) is 18.2 Å². The van der Waals surface area contributed by atoms with E-state index in [0.717, 1.165) is 31.3 Å². The van der Waals surface area contributed by atoms with E-state index in [1.165, 1.54) is 5.56 Å². The third kappa shape index (κ3) is 2.18. The van der Waals surface area contributed by atoms with E-state index < -0.39 is 0 Å². The maximum absolute atomic E-state index is 5.40. The number of hydrogen-bond donors (Lipinski definition) is 1. The van der Waals surface area contributed by atoms with Gasteiger partial charge in [0.15, 0.2) is 11.5 Å². The van der Waals surface area contributed by atoms with Crippen LogP contribution < -0.4 is 14.8 Å². The second-order valence-corrected chi connectivity index (χ2v) is 5.52. The summed E-state index contributed by atoms with van der Waals surface area (Å²) in [5, 5.41) is 3.56. The highest BCUT2D eigenvalue weighted by molar-refractivity contribution is 5.45. The summed E-state index contributed by atoms with van der Waals surface area (Å²) in [6.07, 6.45) is 0. The van der Waals surface area contributed by atoms with E-state index in [-0.39, 0.29) is 0 Å². The zero-order valence-electron chi connectivity index (χ0n) is 10.9. The minimum atomic E-state index is 0.296. The normalized spacial score (nSPS) is 21.4. The monoisotopic (exact) mass is 249 g/mol. The van der Waals surface area contributed by atoms with Gasteiger partial charge in [-0.15, -0.1) is 0 Å². The van der Waals surface area contributed by atoms with Crippen molar-refractivity contribution in [3.8, 4) is 11.5 Å². The smallest absolute Gasteiger partial charge is 0.231 e. The first kappa shape index (κ1) is 11.8. The van der Waals surface area contributed by atoms with Gasteiger partial charge in [0.25, 0.3) is 0 Å². The van der Waals surface area contributed by atoms with Crippen LogP contribution in [0.4, 0.5) is 0 Å². The summed E-state index contributed by atoms with van der Waals surface area (Å²) in [5.41, 5.74) is 1.52. The fraction of sp³-hybridized carbons (Fsp3) is 0.571. The van der Waals surface area contributed by atoms with Gasteiger partial charge in [0.2, 0.25) is 6.79 Å². The molecule has 0 spiro atoms. The van der Waals surface area contributed by atoms with Crippen LogP contribution in [0, 0.1) is 5.41 Å². The van der Waals surface area contributed by atoms with Gasteiger partial charge < -0.3 is 19.5 Å². The molecule has 18 heavy (non-hydrogen) atoms. The van der Waals surface area contributed by atoms with Crippen molar-refractivity contribution in [3.63, 3.8) is 0 Å². The maximum Gasteiger partial charge on any atom is 0.231 e. The van der Waals surface area contributed by atoms with Crippen LogP contribution in [0.15, 0.2) is 18.2 Å². The van der Waals surface area contributed by atoms with Crippen molar-refractivity contribution in [3.05, 3.63) is 23.8 Å². The molecule has 0 saturated carbocycles. The molecule has 1 aromatic rings. The van der Waals surface area contributed by atoms with Gasteiger partial charge in [-0.05, 0) is 24.6 Å². The Morgan fingerprint density at radius 1 is 1.28 bits per heavy atom. The van der Waals surface area contributed by atoms with Crippen molar-refractivity contribution in [2.24, 2.45) is 5.41 Å². The van der Waals surface area contributed by atoms with Crippen molar-refractivity contribution in [2.75, 3.05) is 26.6 Å². The Morgan fingerprint density at radius 2 is 2.06 bits per heavy atom. The highest BCUT2D eigenvalue weighted by atomic mass is 16.7. The van der Waals surface area contributed by atoms with Gasteiger partial charge in [0.05, 0.1) is 13.2 Å². The molecule has 2 aliphatic rings. The zero-order chi connectivity index (χ0) is 12.6. The second kappa shape index (κ2) is 4.44. The predicted octanol–water partition coefficient (Wildman–Crippen LogP) is 2.10. The Bertz CT molecular complexity index is 443. The van der Waals surface area contributed by atoms with E-state index >= 15 is 0 Å². The molecular formula is C14H19NO3. The van der Waals surface area contributed by atoms with Crippen LogP contribution in [0.5, 0.6) is 11.5 Å². The van der Waals surface area contributed by atoms with Gasteiger partial charge in [-0.1, -0.05) is 13.0 Å². The van der Waals surface area contributed by atoms with Crippen molar-refractivity contribution in [1.29, 1.82) is 0 Å². The van der Waals surface area contributed by atoms with Crippen molar-refractivity contribution >= 4 is 0 Å². The number of benzene rings is 1. The average molecular weight is 249 g/mol. The molecule has 0 aliphatic carbocycles.